The van der Waals surface area contributed by atoms with E-state index in [1.807, 2.05) is 26.8 Å². The van der Waals surface area contributed by atoms with Crippen LogP contribution in [0.4, 0.5) is 0 Å². The number of benzene rings is 1. The second kappa shape index (κ2) is 6.40. The van der Waals surface area contributed by atoms with E-state index in [9.17, 15) is 4.79 Å². The molecule has 23 heavy (non-hydrogen) atoms. The molecular formula is C18H26N2O3. The van der Waals surface area contributed by atoms with Crippen LogP contribution >= 0.6 is 0 Å². The molecule has 1 fully saturated rings. The first-order chi connectivity index (χ1) is 10.9. The SMILES string of the molecule is CC(C)(C)C(=O)NC[C@H](c1ccc2c(c1)OCO2)N1CCCC1. The van der Waals surface area contributed by atoms with Crippen molar-refractivity contribution in [2.75, 3.05) is 26.4 Å². The number of nitrogens with zero attached hydrogens (tertiary/aromatic N) is 1. The second-order valence-electron chi connectivity index (χ2n) is 7.33. The Kier molecular flexibility index (Phi) is 4.48. The first-order valence-corrected chi connectivity index (χ1v) is 8.37. The molecule has 1 saturated heterocycles. The fourth-order valence-corrected chi connectivity index (χ4v) is 3.09. The molecule has 2 aliphatic heterocycles. The van der Waals surface area contributed by atoms with E-state index >= 15 is 0 Å². The maximum absolute atomic E-state index is 12.2. The molecule has 0 aliphatic carbocycles. The van der Waals surface area contributed by atoms with Crippen LogP contribution in [0.5, 0.6) is 11.5 Å². The molecule has 1 aromatic carbocycles. The zero-order chi connectivity index (χ0) is 16.4. The van der Waals surface area contributed by atoms with Gasteiger partial charge in [-0.05, 0) is 43.6 Å². The van der Waals surface area contributed by atoms with Gasteiger partial charge in [0, 0.05) is 12.0 Å². The number of hydrogen-bond acceptors (Lipinski definition) is 4. The number of amides is 1. The highest BCUT2D eigenvalue weighted by Gasteiger charge is 2.28. The normalized spacial score (nSPS) is 18.9. The first kappa shape index (κ1) is 16.1. The third-order valence-corrected chi connectivity index (χ3v) is 4.50. The molecule has 5 nitrogen and oxygen atoms in total. The Bertz CT molecular complexity index is 574. The van der Waals surface area contributed by atoms with Crippen molar-refractivity contribution in [1.82, 2.24) is 10.2 Å². The second-order valence-corrected chi connectivity index (χ2v) is 7.33. The quantitative estimate of drug-likeness (QED) is 0.927. The molecule has 1 amide bonds. The molecule has 0 saturated carbocycles. The van der Waals surface area contributed by atoms with Gasteiger partial charge in [0.1, 0.15) is 0 Å². The van der Waals surface area contributed by atoms with E-state index in [1.165, 1.54) is 18.4 Å². The maximum atomic E-state index is 12.2. The maximum Gasteiger partial charge on any atom is 0.231 e. The minimum Gasteiger partial charge on any atom is -0.454 e. The minimum atomic E-state index is -0.371. The van der Waals surface area contributed by atoms with Gasteiger partial charge in [0.25, 0.3) is 0 Å². The monoisotopic (exact) mass is 318 g/mol. The summed E-state index contributed by atoms with van der Waals surface area (Å²) in [6, 6.07) is 6.28. The number of nitrogens with one attached hydrogen (secondary N) is 1. The van der Waals surface area contributed by atoms with Gasteiger partial charge >= 0.3 is 0 Å². The summed E-state index contributed by atoms with van der Waals surface area (Å²) in [6.07, 6.45) is 2.43. The van der Waals surface area contributed by atoms with Gasteiger partial charge in [-0.25, -0.2) is 0 Å². The highest BCUT2D eigenvalue weighted by Crippen LogP contribution is 2.36. The number of fused-ring (bicyclic) bond motifs is 1. The highest BCUT2D eigenvalue weighted by molar-refractivity contribution is 5.81. The van der Waals surface area contributed by atoms with Crippen LogP contribution in [-0.2, 0) is 4.79 Å². The fraction of sp³-hybridized carbons (Fsp3) is 0.611. The van der Waals surface area contributed by atoms with Gasteiger partial charge in [0.05, 0.1) is 6.04 Å². The summed E-state index contributed by atoms with van der Waals surface area (Å²) in [5.41, 5.74) is 0.801. The van der Waals surface area contributed by atoms with E-state index in [0.29, 0.717) is 6.54 Å². The van der Waals surface area contributed by atoms with Gasteiger partial charge in [-0.15, -0.1) is 0 Å². The molecule has 0 unspecified atom stereocenters. The molecule has 0 spiro atoms. The van der Waals surface area contributed by atoms with Crippen molar-refractivity contribution in [2.45, 2.75) is 39.7 Å². The summed E-state index contributed by atoms with van der Waals surface area (Å²) in [4.78, 5) is 14.7. The molecule has 1 aromatic rings. The van der Waals surface area contributed by atoms with E-state index in [0.717, 1.165) is 24.6 Å². The topological polar surface area (TPSA) is 50.8 Å². The van der Waals surface area contributed by atoms with Crippen LogP contribution in [0.25, 0.3) is 0 Å². The van der Waals surface area contributed by atoms with Gasteiger partial charge in [-0.3, -0.25) is 9.69 Å². The standard InChI is InChI=1S/C18H26N2O3/c1-18(2,3)17(21)19-11-14(20-8-4-5-9-20)13-6-7-15-16(10-13)23-12-22-15/h6-7,10,14H,4-5,8-9,11-12H2,1-3H3,(H,19,21)/t14-/m1/s1. The Balaban J connectivity index is 1.77. The molecule has 1 atom stereocenters. The predicted octanol–water partition coefficient (Wildman–Crippen LogP) is 2.71. The van der Waals surface area contributed by atoms with E-state index < -0.39 is 0 Å². The summed E-state index contributed by atoms with van der Waals surface area (Å²) in [6.45, 7) is 8.87. The lowest BCUT2D eigenvalue weighted by molar-refractivity contribution is -0.128. The van der Waals surface area contributed by atoms with Gasteiger partial charge < -0.3 is 14.8 Å². The molecule has 126 valence electrons. The summed E-state index contributed by atoms with van der Waals surface area (Å²) in [7, 11) is 0. The molecule has 1 N–H and O–H groups in total. The lowest BCUT2D eigenvalue weighted by Gasteiger charge is -2.29. The van der Waals surface area contributed by atoms with Crippen molar-refractivity contribution in [2.24, 2.45) is 5.41 Å². The van der Waals surface area contributed by atoms with Crippen molar-refractivity contribution >= 4 is 5.91 Å². The Morgan fingerprint density at radius 1 is 1.22 bits per heavy atom. The zero-order valence-electron chi connectivity index (χ0n) is 14.2. The van der Waals surface area contributed by atoms with Crippen LogP contribution in [0.1, 0.15) is 45.2 Å². The molecule has 5 heteroatoms. The lowest BCUT2D eigenvalue weighted by atomic mass is 9.95. The number of rotatable bonds is 4. The third kappa shape index (κ3) is 3.61. The average molecular weight is 318 g/mol. The van der Waals surface area contributed by atoms with Crippen LogP contribution in [0, 0.1) is 5.41 Å². The van der Waals surface area contributed by atoms with Gasteiger partial charge in [0.2, 0.25) is 12.7 Å². The first-order valence-electron chi connectivity index (χ1n) is 8.37. The van der Waals surface area contributed by atoms with Crippen molar-refractivity contribution < 1.29 is 14.3 Å². The Morgan fingerprint density at radius 3 is 2.61 bits per heavy atom. The Labute approximate surface area is 137 Å². The number of carbonyl (C=O) groups excluding carboxylic acids is 1. The van der Waals surface area contributed by atoms with E-state index in [2.05, 4.69) is 22.3 Å². The lowest BCUT2D eigenvalue weighted by Crippen LogP contribution is -2.41. The van der Waals surface area contributed by atoms with Crippen molar-refractivity contribution in [3.8, 4) is 11.5 Å². The molecule has 0 radical (unpaired) electrons. The van der Waals surface area contributed by atoms with Gasteiger partial charge in [0.15, 0.2) is 11.5 Å². The summed E-state index contributed by atoms with van der Waals surface area (Å²) in [5.74, 6) is 1.68. The van der Waals surface area contributed by atoms with Crippen LogP contribution in [0.2, 0.25) is 0 Å². The predicted molar refractivity (Wildman–Crippen MR) is 88.6 cm³/mol. The van der Waals surface area contributed by atoms with Crippen molar-refractivity contribution in [3.63, 3.8) is 0 Å². The number of carbonyl (C=O) groups is 1. The van der Waals surface area contributed by atoms with E-state index in [-0.39, 0.29) is 24.2 Å². The average Bonchev–Trinajstić information content (AvgIpc) is 3.17. The fourth-order valence-electron chi connectivity index (χ4n) is 3.09. The molecule has 2 heterocycles. The minimum absolute atomic E-state index is 0.0856. The Hall–Kier alpha value is -1.75. The molecular weight excluding hydrogens is 292 g/mol. The van der Waals surface area contributed by atoms with Crippen molar-refractivity contribution in [1.29, 1.82) is 0 Å². The largest absolute Gasteiger partial charge is 0.454 e. The highest BCUT2D eigenvalue weighted by atomic mass is 16.7. The number of hydrogen-bond donors (Lipinski definition) is 1. The summed E-state index contributed by atoms with van der Waals surface area (Å²) < 4.78 is 10.9. The van der Waals surface area contributed by atoms with Crippen LogP contribution in [0.3, 0.4) is 0 Å². The van der Waals surface area contributed by atoms with Crippen LogP contribution in [-0.4, -0.2) is 37.2 Å². The molecule has 0 bridgehead atoms. The van der Waals surface area contributed by atoms with Gasteiger partial charge in [-0.2, -0.15) is 0 Å². The number of ether oxygens (including phenoxy) is 2. The smallest absolute Gasteiger partial charge is 0.231 e. The molecule has 3 rings (SSSR count). The van der Waals surface area contributed by atoms with Crippen LogP contribution in [0.15, 0.2) is 18.2 Å². The Morgan fingerprint density at radius 2 is 1.91 bits per heavy atom. The summed E-state index contributed by atoms with van der Waals surface area (Å²) >= 11 is 0. The van der Waals surface area contributed by atoms with E-state index in [1.54, 1.807) is 0 Å². The zero-order valence-corrected chi connectivity index (χ0v) is 14.2. The molecule has 0 aromatic heterocycles. The van der Waals surface area contributed by atoms with Crippen molar-refractivity contribution in [3.05, 3.63) is 23.8 Å². The van der Waals surface area contributed by atoms with E-state index in [4.69, 9.17) is 9.47 Å². The third-order valence-electron chi connectivity index (χ3n) is 4.50. The van der Waals surface area contributed by atoms with Gasteiger partial charge in [-0.1, -0.05) is 26.8 Å². The van der Waals surface area contributed by atoms with Crippen LogP contribution < -0.4 is 14.8 Å². The molecule has 2 aliphatic rings. The summed E-state index contributed by atoms with van der Waals surface area (Å²) in [5, 5.41) is 3.11. The number of likely N-dealkylation sites (tertiary alicyclic amines) is 1.